The Balaban J connectivity index is 1.53. The van der Waals surface area contributed by atoms with Gasteiger partial charge in [-0.05, 0) is 79.4 Å². The van der Waals surface area contributed by atoms with Gasteiger partial charge in [-0.15, -0.1) is 0 Å². The SMILES string of the molecule is CCCCC[C@H]1CC[C@H](c2ccc3c(c2)CCC(CCC)C3)CC1. The van der Waals surface area contributed by atoms with Crippen LogP contribution in [0.4, 0.5) is 0 Å². The lowest BCUT2D eigenvalue weighted by molar-refractivity contribution is 0.302. The van der Waals surface area contributed by atoms with Crippen LogP contribution >= 0.6 is 0 Å². The second-order valence-electron chi connectivity index (χ2n) is 8.64. The zero-order valence-corrected chi connectivity index (χ0v) is 16.2. The molecule has 2 aliphatic carbocycles. The van der Waals surface area contributed by atoms with Gasteiger partial charge in [-0.3, -0.25) is 0 Å². The maximum Gasteiger partial charge on any atom is -0.0162 e. The van der Waals surface area contributed by atoms with Gasteiger partial charge in [-0.25, -0.2) is 0 Å². The molecule has 0 heteroatoms. The smallest absolute Gasteiger partial charge is 0.0162 e. The fourth-order valence-corrected chi connectivity index (χ4v) is 5.23. The van der Waals surface area contributed by atoms with Crippen molar-refractivity contribution >= 4 is 0 Å². The molecule has 2 aliphatic rings. The van der Waals surface area contributed by atoms with Crippen molar-refractivity contribution < 1.29 is 0 Å². The van der Waals surface area contributed by atoms with Gasteiger partial charge in [0.05, 0.1) is 0 Å². The van der Waals surface area contributed by atoms with Crippen molar-refractivity contribution in [3.8, 4) is 0 Å². The summed E-state index contributed by atoms with van der Waals surface area (Å²) in [5, 5.41) is 0. The molecule has 1 fully saturated rings. The van der Waals surface area contributed by atoms with Crippen molar-refractivity contribution in [1.82, 2.24) is 0 Å². The maximum absolute atomic E-state index is 2.60. The van der Waals surface area contributed by atoms with Crippen LogP contribution in [0, 0.1) is 11.8 Å². The molecular formula is C24H38. The van der Waals surface area contributed by atoms with Gasteiger partial charge in [-0.1, -0.05) is 70.6 Å². The van der Waals surface area contributed by atoms with Crippen LogP contribution in [-0.2, 0) is 12.8 Å². The summed E-state index contributed by atoms with van der Waals surface area (Å²) in [6.07, 6.45) is 18.4. The molecule has 0 amide bonds. The molecule has 0 aliphatic heterocycles. The predicted octanol–water partition coefficient (Wildman–Crippen LogP) is 7.45. The van der Waals surface area contributed by atoms with E-state index in [2.05, 4.69) is 32.0 Å². The van der Waals surface area contributed by atoms with Crippen molar-refractivity contribution in [3.05, 3.63) is 34.9 Å². The molecule has 24 heavy (non-hydrogen) atoms. The third-order valence-electron chi connectivity index (χ3n) is 6.79. The average Bonchev–Trinajstić information content (AvgIpc) is 2.62. The van der Waals surface area contributed by atoms with Crippen molar-refractivity contribution in [2.45, 2.75) is 103 Å². The Morgan fingerprint density at radius 1 is 0.792 bits per heavy atom. The molecule has 1 unspecified atom stereocenters. The van der Waals surface area contributed by atoms with Crippen LogP contribution in [0.5, 0.6) is 0 Å². The van der Waals surface area contributed by atoms with E-state index in [-0.39, 0.29) is 0 Å². The minimum Gasteiger partial charge on any atom is -0.0654 e. The lowest BCUT2D eigenvalue weighted by Gasteiger charge is -2.30. The van der Waals surface area contributed by atoms with Crippen LogP contribution in [0.25, 0.3) is 0 Å². The molecule has 0 saturated heterocycles. The van der Waals surface area contributed by atoms with E-state index in [1.807, 2.05) is 0 Å². The molecular weight excluding hydrogens is 288 g/mol. The number of fused-ring (bicyclic) bond motifs is 1. The third kappa shape index (κ3) is 4.64. The third-order valence-corrected chi connectivity index (χ3v) is 6.79. The zero-order valence-electron chi connectivity index (χ0n) is 16.2. The molecule has 134 valence electrons. The standard InChI is InChI=1S/C24H38/c1-3-5-6-8-19-9-12-21(13-10-19)23-16-15-22-17-20(7-4-2)11-14-24(22)18-23/h15-16,18-21H,3-14,17H2,1-2H3/t19-,20?,21-. The molecule has 1 aromatic carbocycles. The molecule has 0 nitrogen and oxygen atoms in total. The largest absolute Gasteiger partial charge is 0.0654 e. The summed E-state index contributed by atoms with van der Waals surface area (Å²) in [6.45, 7) is 4.65. The number of aryl methyl sites for hydroxylation is 1. The summed E-state index contributed by atoms with van der Waals surface area (Å²) in [5.41, 5.74) is 5.01. The Morgan fingerprint density at radius 3 is 2.38 bits per heavy atom. The molecule has 0 spiro atoms. The Hall–Kier alpha value is -0.780. The van der Waals surface area contributed by atoms with Crippen molar-refractivity contribution in [2.24, 2.45) is 11.8 Å². The molecule has 0 radical (unpaired) electrons. The van der Waals surface area contributed by atoms with E-state index in [0.717, 1.165) is 17.8 Å². The normalized spacial score (nSPS) is 27.0. The molecule has 3 rings (SSSR count). The first kappa shape index (κ1) is 18.0. The van der Waals surface area contributed by atoms with E-state index in [4.69, 9.17) is 0 Å². The molecule has 0 aromatic heterocycles. The highest BCUT2D eigenvalue weighted by Crippen LogP contribution is 2.39. The van der Waals surface area contributed by atoms with Gasteiger partial charge in [-0.2, -0.15) is 0 Å². The summed E-state index contributed by atoms with van der Waals surface area (Å²) >= 11 is 0. The summed E-state index contributed by atoms with van der Waals surface area (Å²) in [7, 11) is 0. The highest BCUT2D eigenvalue weighted by molar-refractivity contribution is 5.36. The van der Waals surface area contributed by atoms with Gasteiger partial charge in [0.2, 0.25) is 0 Å². The Bertz CT molecular complexity index is 493. The second-order valence-corrected chi connectivity index (χ2v) is 8.64. The molecule has 1 saturated carbocycles. The van der Waals surface area contributed by atoms with Crippen LogP contribution in [0.3, 0.4) is 0 Å². The first-order valence-electron chi connectivity index (χ1n) is 10.9. The fourth-order valence-electron chi connectivity index (χ4n) is 5.23. The van der Waals surface area contributed by atoms with Crippen LogP contribution in [0.2, 0.25) is 0 Å². The molecule has 0 N–H and O–H groups in total. The summed E-state index contributed by atoms with van der Waals surface area (Å²) in [5.74, 6) is 2.83. The van der Waals surface area contributed by atoms with E-state index >= 15 is 0 Å². The van der Waals surface area contributed by atoms with Gasteiger partial charge in [0, 0.05) is 0 Å². The Morgan fingerprint density at radius 2 is 1.62 bits per heavy atom. The van der Waals surface area contributed by atoms with Crippen LogP contribution in [-0.4, -0.2) is 0 Å². The van der Waals surface area contributed by atoms with E-state index in [9.17, 15) is 0 Å². The minimum absolute atomic E-state index is 0.853. The van der Waals surface area contributed by atoms with Gasteiger partial charge in [0.15, 0.2) is 0 Å². The highest BCUT2D eigenvalue weighted by atomic mass is 14.3. The number of hydrogen-bond donors (Lipinski definition) is 0. The van der Waals surface area contributed by atoms with Gasteiger partial charge < -0.3 is 0 Å². The average molecular weight is 327 g/mol. The van der Waals surface area contributed by atoms with Crippen molar-refractivity contribution in [1.29, 1.82) is 0 Å². The lowest BCUT2D eigenvalue weighted by Crippen LogP contribution is -2.16. The Kier molecular flexibility index (Phi) is 6.81. The summed E-state index contributed by atoms with van der Waals surface area (Å²) in [6, 6.07) is 7.56. The lowest BCUT2D eigenvalue weighted by atomic mass is 9.75. The number of unbranched alkanes of at least 4 members (excludes halogenated alkanes) is 2. The van der Waals surface area contributed by atoms with Gasteiger partial charge >= 0.3 is 0 Å². The monoisotopic (exact) mass is 326 g/mol. The van der Waals surface area contributed by atoms with Crippen LogP contribution in [0.15, 0.2) is 18.2 Å². The fraction of sp³-hybridized carbons (Fsp3) is 0.750. The van der Waals surface area contributed by atoms with Crippen LogP contribution < -0.4 is 0 Å². The predicted molar refractivity (Wildman–Crippen MR) is 106 cm³/mol. The molecule has 0 bridgehead atoms. The molecule has 1 aromatic rings. The number of hydrogen-bond acceptors (Lipinski definition) is 0. The minimum atomic E-state index is 0.853. The van der Waals surface area contributed by atoms with Crippen molar-refractivity contribution in [2.75, 3.05) is 0 Å². The second kappa shape index (κ2) is 9.07. The van der Waals surface area contributed by atoms with Crippen molar-refractivity contribution in [3.63, 3.8) is 0 Å². The van der Waals surface area contributed by atoms with Crippen LogP contribution in [0.1, 0.15) is 107 Å². The number of rotatable bonds is 7. The highest BCUT2D eigenvalue weighted by Gasteiger charge is 2.24. The molecule has 0 heterocycles. The van der Waals surface area contributed by atoms with Gasteiger partial charge in [0.1, 0.15) is 0 Å². The zero-order chi connectivity index (χ0) is 16.8. The van der Waals surface area contributed by atoms with Gasteiger partial charge in [0.25, 0.3) is 0 Å². The van der Waals surface area contributed by atoms with E-state index in [0.29, 0.717) is 0 Å². The molecule has 1 atom stereocenters. The first-order valence-corrected chi connectivity index (χ1v) is 10.9. The van der Waals surface area contributed by atoms with E-state index in [1.165, 1.54) is 83.5 Å². The summed E-state index contributed by atoms with van der Waals surface area (Å²) < 4.78 is 0. The topological polar surface area (TPSA) is 0 Å². The summed E-state index contributed by atoms with van der Waals surface area (Å²) in [4.78, 5) is 0. The quantitative estimate of drug-likeness (QED) is 0.456. The maximum atomic E-state index is 2.60. The Labute approximate surface area is 150 Å². The van der Waals surface area contributed by atoms with E-state index < -0.39 is 0 Å². The number of benzene rings is 1. The first-order chi connectivity index (χ1) is 11.8. The van der Waals surface area contributed by atoms with E-state index in [1.54, 1.807) is 16.7 Å².